The number of hydrogen-bond acceptors (Lipinski definition) is 3. The number of aryl methyl sites for hydroxylation is 1. The Labute approximate surface area is 97.8 Å². The summed E-state index contributed by atoms with van der Waals surface area (Å²) in [7, 11) is -1.18. The quantitative estimate of drug-likeness (QED) is 0.851. The van der Waals surface area contributed by atoms with Crippen LogP contribution in [-0.2, 0) is 16.3 Å². The highest BCUT2D eigenvalue weighted by Gasteiger charge is 2.15. The molecule has 0 saturated heterocycles. The maximum Gasteiger partial charge on any atom is 0.149 e. The lowest BCUT2D eigenvalue weighted by molar-refractivity contribution is 0.579. The molecule has 1 atom stereocenters. The lowest BCUT2D eigenvalue weighted by Crippen LogP contribution is -2.24. The van der Waals surface area contributed by atoms with Gasteiger partial charge in [0.2, 0.25) is 0 Å². The summed E-state index contributed by atoms with van der Waals surface area (Å²) in [5.41, 5.74) is 2.28. The molecular weight excluding hydrogens is 222 g/mol. The second-order valence-electron chi connectivity index (χ2n) is 4.03. The fourth-order valence-corrected chi connectivity index (χ4v) is 2.60. The van der Waals surface area contributed by atoms with Crippen LogP contribution in [0.5, 0.6) is 0 Å². The third-order valence-electron chi connectivity index (χ3n) is 2.61. The lowest BCUT2D eigenvalue weighted by atomic mass is 10.1. The Morgan fingerprint density at radius 3 is 2.19 bits per heavy atom. The van der Waals surface area contributed by atoms with E-state index in [1.165, 1.54) is 11.8 Å². The Kier molecular flexibility index (Phi) is 4.50. The third kappa shape index (κ3) is 3.94. The first-order valence-corrected chi connectivity index (χ1v) is 7.46. The second kappa shape index (κ2) is 5.46. The van der Waals surface area contributed by atoms with Gasteiger partial charge in [0.25, 0.3) is 0 Å². The van der Waals surface area contributed by atoms with Crippen LogP contribution in [0.3, 0.4) is 0 Å². The fourth-order valence-electron chi connectivity index (χ4n) is 1.63. The zero-order valence-electron chi connectivity index (χ0n) is 10.0. The normalized spacial score (nSPS) is 13.7. The van der Waals surface area contributed by atoms with Crippen molar-refractivity contribution in [2.75, 3.05) is 19.1 Å². The molecule has 3 nitrogen and oxygen atoms in total. The molecule has 0 fully saturated rings. The van der Waals surface area contributed by atoms with Gasteiger partial charge < -0.3 is 5.32 Å². The Bertz CT molecular complexity index is 423. The summed E-state index contributed by atoms with van der Waals surface area (Å²) in [6, 6.07) is 7.95. The van der Waals surface area contributed by atoms with E-state index in [4.69, 9.17) is 0 Å². The number of hydrogen-bond donors (Lipinski definition) is 1. The van der Waals surface area contributed by atoms with Gasteiger partial charge in [-0.2, -0.15) is 0 Å². The number of benzene rings is 1. The van der Waals surface area contributed by atoms with Gasteiger partial charge in [-0.05, 0) is 24.6 Å². The Morgan fingerprint density at radius 2 is 1.81 bits per heavy atom. The Morgan fingerprint density at radius 1 is 1.25 bits per heavy atom. The minimum Gasteiger partial charge on any atom is -0.312 e. The van der Waals surface area contributed by atoms with E-state index in [1.54, 1.807) is 7.05 Å². The SMILES string of the molecule is CCc1ccc(C(CS(C)(=O)=O)NC)cc1. The molecule has 0 aliphatic heterocycles. The predicted molar refractivity (Wildman–Crippen MR) is 67.3 cm³/mol. The molecule has 0 bridgehead atoms. The number of rotatable bonds is 5. The van der Waals surface area contributed by atoms with E-state index < -0.39 is 9.84 Å². The van der Waals surface area contributed by atoms with Crippen molar-refractivity contribution in [3.8, 4) is 0 Å². The van der Waals surface area contributed by atoms with Crippen molar-refractivity contribution in [3.63, 3.8) is 0 Å². The fraction of sp³-hybridized carbons (Fsp3) is 0.500. The van der Waals surface area contributed by atoms with E-state index in [9.17, 15) is 8.42 Å². The first kappa shape index (κ1) is 13.2. The van der Waals surface area contributed by atoms with Crippen molar-refractivity contribution in [3.05, 3.63) is 35.4 Å². The summed E-state index contributed by atoms with van der Waals surface area (Å²) >= 11 is 0. The Balaban J connectivity index is 2.87. The standard InChI is InChI=1S/C12H19NO2S/c1-4-10-5-7-11(8-6-10)12(13-2)9-16(3,14)15/h5-8,12-13H,4,9H2,1-3H3. The van der Waals surface area contributed by atoms with Crippen LogP contribution in [0, 0.1) is 0 Å². The minimum absolute atomic E-state index is 0.124. The molecule has 0 aliphatic rings. The van der Waals surface area contributed by atoms with Crippen molar-refractivity contribution in [2.24, 2.45) is 0 Å². The molecular formula is C12H19NO2S. The highest BCUT2D eigenvalue weighted by molar-refractivity contribution is 7.90. The van der Waals surface area contributed by atoms with E-state index in [-0.39, 0.29) is 11.8 Å². The van der Waals surface area contributed by atoms with Crippen molar-refractivity contribution >= 4 is 9.84 Å². The van der Waals surface area contributed by atoms with Gasteiger partial charge in [0.1, 0.15) is 9.84 Å². The summed E-state index contributed by atoms with van der Waals surface area (Å²) in [5.74, 6) is 0.134. The molecule has 0 radical (unpaired) electrons. The number of sulfone groups is 1. The van der Waals surface area contributed by atoms with Gasteiger partial charge in [-0.1, -0.05) is 31.2 Å². The second-order valence-corrected chi connectivity index (χ2v) is 6.21. The topological polar surface area (TPSA) is 46.2 Å². The van der Waals surface area contributed by atoms with Gasteiger partial charge in [0, 0.05) is 12.3 Å². The maximum atomic E-state index is 11.3. The first-order chi connectivity index (χ1) is 7.46. The molecule has 0 aliphatic carbocycles. The largest absolute Gasteiger partial charge is 0.312 e. The molecule has 0 amide bonds. The van der Waals surface area contributed by atoms with Crippen LogP contribution >= 0.6 is 0 Å². The minimum atomic E-state index is -2.96. The monoisotopic (exact) mass is 241 g/mol. The van der Waals surface area contributed by atoms with Crippen molar-refractivity contribution in [1.82, 2.24) is 5.32 Å². The average Bonchev–Trinajstić information content (AvgIpc) is 2.25. The predicted octanol–water partition coefficient (Wildman–Crippen LogP) is 1.55. The van der Waals surface area contributed by atoms with E-state index >= 15 is 0 Å². The summed E-state index contributed by atoms with van der Waals surface area (Å²) in [6.07, 6.45) is 2.26. The van der Waals surface area contributed by atoms with Crippen LogP contribution < -0.4 is 5.32 Å². The van der Waals surface area contributed by atoms with Gasteiger partial charge in [0.15, 0.2) is 0 Å². The molecule has 1 aromatic rings. The molecule has 1 rings (SSSR count). The van der Waals surface area contributed by atoms with Crippen molar-refractivity contribution in [2.45, 2.75) is 19.4 Å². The summed E-state index contributed by atoms with van der Waals surface area (Å²) in [6.45, 7) is 2.10. The van der Waals surface area contributed by atoms with Gasteiger partial charge in [-0.15, -0.1) is 0 Å². The van der Waals surface area contributed by atoms with Crippen LogP contribution in [0.4, 0.5) is 0 Å². The van der Waals surface area contributed by atoms with E-state index in [0.717, 1.165) is 12.0 Å². The smallest absolute Gasteiger partial charge is 0.149 e. The number of nitrogens with one attached hydrogen (secondary N) is 1. The molecule has 0 aromatic heterocycles. The highest BCUT2D eigenvalue weighted by Crippen LogP contribution is 2.15. The summed E-state index contributed by atoms with van der Waals surface area (Å²) < 4.78 is 22.5. The highest BCUT2D eigenvalue weighted by atomic mass is 32.2. The Hall–Kier alpha value is -0.870. The zero-order valence-corrected chi connectivity index (χ0v) is 10.8. The third-order valence-corrected chi connectivity index (χ3v) is 3.55. The summed E-state index contributed by atoms with van der Waals surface area (Å²) in [5, 5.41) is 3.03. The van der Waals surface area contributed by atoms with E-state index in [2.05, 4.69) is 12.2 Å². The van der Waals surface area contributed by atoms with Gasteiger partial charge >= 0.3 is 0 Å². The van der Waals surface area contributed by atoms with Crippen molar-refractivity contribution in [1.29, 1.82) is 0 Å². The molecule has 4 heteroatoms. The van der Waals surface area contributed by atoms with Crippen LogP contribution in [0.1, 0.15) is 24.1 Å². The van der Waals surface area contributed by atoms with Gasteiger partial charge in [-0.25, -0.2) is 8.42 Å². The molecule has 90 valence electrons. The van der Waals surface area contributed by atoms with Crippen LogP contribution in [0.15, 0.2) is 24.3 Å². The van der Waals surface area contributed by atoms with Crippen LogP contribution in [0.2, 0.25) is 0 Å². The van der Waals surface area contributed by atoms with Crippen molar-refractivity contribution < 1.29 is 8.42 Å². The molecule has 16 heavy (non-hydrogen) atoms. The van der Waals surface area contributed by atoms with Gasteiger partial charge in [0.05, 0.1) is 5.75 Å². The molecule has 0 saturated carbocycles. The van der Waals surface area contributed by atoms with E-state index in [1.807, 2.05) is 24.3 Å². The average molecular weight is 241 g/mol. The summed E-state index contributed by atoms with van der Waals surface area (Å²) in [4.78, 5) is 0. The zero-order chi connectivity index (χ0) is 12.2. The molecule has 1 unspecified atom stereocenters. The lowest BCUT2D eigenvalue weighted by Gasteiger charge is -2.15. The molecule has 1 aromatic carbocycles. The van der Waals surface area contributed by atoms with E-state index in [0.29, 0.717) is 0 Å². The van der Waals surface area contributed by atoms with Gasteiger partial charge in [-0.3, -0.25) is 0 Å². The van der Waals surface area contributed by atoms with Crippen LogP contribution in [-0.4, -0.2) is 27.5 Å². The molecule has 0 heterocycles. The maximum absolute atomic E-state index is 11.3. The molecule has 0 spiro atoms. The first-order valence-electron chi connectivity index (χ1n) is 5.40. The molecule has 1 N–H and O–H groups in total. The van der Waals surface area contributed by atoms with Crippen LogP contribution in [0.25, 0.3) is 0 Å².